The third kappa shape index (κ3) is 4.84. The number of hydrogen-bond donors (Lipinski definition) is 2. The fraction of sp³-hybridized carbons (Fsp3) is 0.357. The van der Waals surface area contributed by atoms with Crippen LogP contribution < -0.4 is 10.6 Å². The zero-order valence-electron chi connectivity index (χ0n) is 10.9. The summed E-state index contributed by atoms with van der Waals surface area (Å²) in [7, 11) is 0. The Morgan fingerprint density at radius 1 is 1.35 bits per heavy atom. The van der Waals surface area contributed by atoms with Crippen molar-refractivity contribution in [2.24, 2.45) is 0 Å². The van der Waals surface area contributed by atoms with Gasteiger partial charge in [-0.3, -0.25) is 0 Å². The van der Waals surface area contributed by atoms with Crippen molar-refractivity contribution in [3.63, 3.8) is 0 Å². The van der Waals surface area contributed by atoms with Gasteiger partial charge < -0.3 is 10.6 Å². The van der Waals surface area contributed by atoms with Gasteiger partial charge in [-0.2, -0.15) is 13.2 Å². The number of alkyl halides is 3. The first kappa shape index (κ1) is 15.9. The van der Waals surface area contributed by atoms with Crippen LogP contribution in [-0.2, 0) is 6.18 Å². The Morgan fingerprint density at radius 3 is 2.40 bits per heavy atom. The molecule has 0 spiro atoms. The number of nitrogens with one attached hydrogen (secondary N) is 2. The number of urea groups is 1. The van der Waals surface area contributed by atoms with Crippen molar-refractivity contribution in [3.05, 3.63) is 29.8 Å². The van der Waals surface area contributed by atoms with E-state index in [9.17, 15) is 18.0 Å². The Kier molecular flexibility index (Phi) is 5.44. The van der Waals surface area contributed by atoms with E-state index in [1.165, 1.54) is 12.1 Å². The van der Waals surface area contributed by atoms with Gasteiger partial charge in [-0.1, -0.05) is 19.3 Å². The summed E-state index contributed by atoms with van der Waals surface area (Å²) in [5.74, 6) is 2.43. The molecule has 0 saturated carbocycles. The molecule has 6 heteroatoms. The van der Waals surface area contributed by atoms with Crippen molar-refractivity contribution in [2.75, 3.05) is 5.32 Å². The number of carbonyl (C=O) groups excluding carboxylic acids is 1. The molecule has 2 N–H and O–H groups in total. The zero-order chi connectivity index (χ0) is 15.2. The maximum atomic E-state index is 12.4. The van der Waals surface area contributed by atoms with Crippen LogP contribution in [0.5, 0.6) is 0 Å². The van der Waals surface area contributed by atoms with Crippen molar-refractivity contribution in [2.45, 2.75) is 32.0 Å². The van der Waals surface area contributed by atoms with Crippen LogP contribution >= 0.6 is 0 Å². The molecule has 0 heterocycles. The predicted molar refractivity (Wildman–Crippen MR) is 71.1 cm³/mol. The molecule has 0 aliphatic rings. The summed E-state index contributed by atoms with van der Waals surface area (Å²) in [5.41, 5.74) is -0.501. The van der Waals surface area contributed by atoms with E-state index in [-0.39, 0.29) is 5.69 Å². The molecule has 108 valence electrons. The molecule has 0 bridgehead atoms. The van der Waals surface area contributed by atoms with Crippen molar-refractivity contribution >= 4 is 11.7 Å². The number of anilines is 1. The quantitative estimate of drug-likeness (QED) is 0.814. The minimum Gasteiger partial charge on any atom is -0.324 e. The van der Waals surface area contributed by atoms with Gasteiger partial charge in [0.15, 0.2) is 0 Å². The van der Waals surface area contributed by atoms with Crippen LogP contribution in [0.15, 0.2) is 24.3 Å². The number of carbonyl (C=O) groups is 1. The monoisotopic (exact) mass is 284 g/mol. The normalized spacial score (nSPS) is 12.3. The Bertz CT molecular complexity index is 489. The fourth-order valence-corrected chi connectivity index (χ4v) is 1.55. The molecule has 0 aliphatic carbocycles. The van der Waals surface area contributed by atoms with Crippen LogP contribution in [-0.4, -0.2) is 12.1 Å². The highest BCUT2D eigenvalue weighted by molar-refractivity contribution is 5.89. The van der Waals surface area contributed by atoms with E-state index >= 15 is 0 Å². The Hall–Kier alpha value is -2.16. The van der Waals surface area contributed by atoms with E-state index in [1.54, 1.807) is 0 Å². The summed E-state index contributed by atoms with van der Waals surface area (Å²) in [6.07, 6.45) is 2.31. The lowest BCUT2D eigenvalue weighted by Gasteiger charge is -2.13. The molecule has 0 aromatic heterocycles. The summed E-state index contributed by atoms with van der Waals surface area (Å²) in [4.78, 5) is 11.6. The van der Waals surface area contributed by atoms with Crippen LogP contribution in [0.3, 0.4) is 0 Å². The molecule has 20 heavy (non-hydrogen) atoms. The van der Waals surface area contributed by atoms with Crippen molar-refractivity contribution in [3.8, 4) is 12.3 Å². The van der Waals surface area contributed by atoms with E-state index in [2.05, 4.69) is 16.6 Å². The lowest BCUT2D eigenvalue weighted by molar-refractivity contribution is -0.137. The third-order valence-corrected chi connectivity index (χ3v) is 2.55. The summed E-state index contributed by atoms with van der Waals surface area (Å²) in [5, 5.41) is 4.98. The summed E-state index contributed by atoms with van der Waals surface area (Å²) in [6, 6.07) is 3.25. The van der Waals surface area contributed by atoms with Crippen molar-refractivity contribution in [1.82, 2.24) is 5.32 Å². The van der Waals surface area contributed by atoms with E-state index < -0.39 is 23.8 Å². The van der Waals surface area contributed by atoms with Gasteiger partial charge in [-0.25, -0.2) is 4.79 Å². The van der Waals surface area contributed by atoms with Gasteiger partial charge in [0.1, 0.15) is 0 Å². The largest absolute Gasteiger partial charge is 0.416 e. The Balaban J connectivity index is 2.61. The number of terminal acetylenes is 1. The summed E-state index contributed by atoms with van der Waals surface area (Å²) in [6.45, 7) is 1.93. The first-order chi connectivity index (χ1) is 9.36. The molecule has 1 aromatic carbocycles. The third-order valence-electron chi connectivity index (χ3n) is 2.55. The molecule has 1 atom stereocenters. The average Bonchev–Trinajstić information content (AvgIpc) is 2.37. The van der Waals surface area contributed by atoms with Crippen LogP contribution in [0.1, 0.15) is 25.3 Å². The molecule has 0 fully saturated rings. The molecule has 0 radical (unpaired) electrons. The summed E-state index contributed by atoms with van der Waals surface area (Å²) < 4.78 is 37.1. The van der Waals surface area contributed by atoms with Gasteiger partial charge >= 0.3 is 12.2 Å². The van der Waals surface area contributed by atoms with Gasteiger partial charge in [0, 0.05) is 5.69 Å². The molecular formula is C14H15F3N2O. The minimum atomic E-state index is -4.39. The number of amides is 2. The first-order valence-corrected chi connectivity index (χ1v) is 6.07. The fourth-order valence-electron chi connectivity index (χ4n) is 1.55. The van der Waals surface area contributed by atoms with E-state index in [0.717, 1.165) is 18.6 Å². The molecule has 1 rings (SSSR count). The van der Waals surface area contributed by atoms with Crippen LogP contribution in [0.2, 0.25) is 0 Å². The molecular weight excluding hydrogens is 269 g/mol. The minimum absolute atomic E-state index is 0.266. The van der Waals surface area contributed by atoms with Crippen LogP contribution in [0.25, 0.3) is 0 Å². The molecule has 3 nitrogen and oxygen atoms in total. The van der Waals surface area contributed by atoms with Crippen molar-refractivity contribution < 1.29 is 18.0 Å². The lowest BCUT2D eigenvalue weighted by atomic mass is 10.2. The maximum absolute atomic E-state index is 12.4. The van der Waals surface area contributed by atoms with Gasteiger partial charge in [0.05, 0.1) is 11.6 Å². The number of halogens is 3. The number of benzene rings is 1. The Morgan fingerprint density at radius 2 is 1.95 bits per heavy atom. The highest BCUT2D eigenvalue weighted by Crippen LogP contribution is 2.29. The predicted octanol–water partition coefficient (Wildman–Crippen LogP) is 3.63. The molecule has 1 unspecified atom stereocenters. The van der Waals surface area contributed by atoms with E-state index in [0.29, 0.717) is 6.42 Å². The van der Waals surface area contributed by atoms with Crippen molar-refractivity contribution in [1.29, 1.82) is 0 Å². The SMILES string of the molecule is C#CC(CCC)NC(=O)Nc1ccc(C(F)(F)F)cc1. The topological polar surface area (TPSA) is 41.1 Å². The van der Waals surface area contributed by atoms with E-state index in [4.69, 9.17) is 6.42 Å². The van der Waals surface area contributed by atoms with Gasteiger partial charge in [0.25, 0.3) is 0 Å². The standard InChI is InChI=1S/C14H15F3N2O/c1-3-5-11(4-2)18-13(20)19-12-8-6-10(7-9-12)14(15,16)17/h2,6-9,11H,3,5H2,1H3,(H2,18,19,20). The number of rotatable bonds is 4. The maximum Gasteiger partial charge on any atom is 0.416 e. The number of hydrogen-bond acceptors (Lipinski definition) is 1. The molecule has 1 aromatic rings. The highest BCUT2D eigenvalue weighted by Gasteiger charge is 2.29. The Labute approximate surface area is 115 Å². The van der Waals surface area contributed by atoms with Gasteiger partial charge in [-0.15, -0.1) is 6.42 Å². The smallest absolute Gasteiger partial charge is 0.324 e. The zero-order valence-corrected chi connectivity index (χ0v) is 10.9. The van der Waals surface area contributed by atoms with Gasteiger partial charge in [0.2, 0.25) is 0 Å². The van der Waals surface area contributed by atoms with Crippen LogP contribution in [0.4, 0.5) is 23.7 Å². The molecule has 2 amide bonds. The second kappa shape index (κ2) is 6.85. The highest BCUT2D eigenvalue weighted by atomic mass is 19.4. The summed E-state index contributed by atoms with van der Waals surface area (Å²) >= 11 is 0. The van der Waals surface area contributed by atoms with E-state index in [1.807, 2.05) is 6.92 Å². The average molecular weight is 284 g/mol. The lowest BCUT2D eigenvalue weighted by Crippen LogP contribution is -2.36. The van der Waals surface area contributed by atoms with Crippen LogP contribution in [0, 0.1) is 12.3 Å². The molecule has 0 aliphatic heterocycles. The second-order valence-corrected chi connectivity index (χ2v) is 4.18. The molecule has 0 saturated heterocycles. The first-order valence-electron chi connectivity index (χ1n) is 6.07. The van der Waals surface area contributed by atoms with Gasteiger partial charge in [-0.05, 0) is 30.7 Å². The second-order valence-electron chi connectivity index (χ2n) is 4.18.